The first-order valence-corrected chi connectivity index (χ1v) is 4.13. The van der Waals surface area contributed by atoms with Gasteiger partial charge >= 0.3 is 68.2 Å². The van der Waals surface area contributed by atoms with E-state index in [-0.39, 0.29) is 24.8 Å². The minimum atomic E-state index is 0. The van der Waals surface area contributed by atoms with Gasteiger partial charge in [0.15, 0.2) is 0 Å². The van der Waals surface area contributed by atoms with Crippen LogP contribution in [0.3, 0.4) is 0 Å². The van der Waals surface area contributed by atoms with Crippen molar-refractivity contribution in [1.82, 2.24) is 0 Å². The Hall–Kier alpha value is 0.774. The predicted molar refractivity (Wildman–Crippen MR) is 35.7 cm³/mol. The molecule has 61 valence electrons. The van der Waals surface area contributed by atoms with Gasteiger partial charge in [-0.25, -0.2) is 0 Å². The van der Waals surface area contributed by atoms with Crippen LogP contribution in [0, 0.1) is 0 Å². The van der Waals surface area contributed by atoms with Crippen molar-refractivity contribution in [3.8, 4) is 0 Å². The molecule has 1 aliphatic rings. The molecule has 3 heteroatoms. The summed E-state index contributed by atoms with van der Waals surface area (Å²) in [5.74, 6) is 0. The van der Waals surface area contributed by atoms with E-state index >= 15 is 0 Å². The molecule has 0 fully saturated rings. The SMILES string of the molecule is CCC1=CC(C)=[C]([Ti+2])C1.[Cl-].[Cl-]. The molecule has 0 N–H and O–H groups in total. The smallest absolute Gasteiger partial charge is 1.00 e. The van der Waals surface area contributed by atoms with Crippen molar-refractivity contribution in [2.75, 3.05) is 0 Å². The standard InChI is InChI=1S/C8H11.2ClH.Ti/c1-3-8-5-4-7(2)6-8;;;/h6H,3,5H2,1-2H3;2*1H;/q;;;+2/p-2. The normalized spacial score (nSPS) is 15.5. The van der Waals surface area contributed by atoms with Gasteiger partial charge in [0.1, 0.15) is 0 Å². The van der Waals surface area contributed by atoms with Crippen LogP contribution in [-0.4, -0.2) is 0 Å². The van der Waals surface area contributed by atoms with Gasteiger partial charge in [-0.3, -0.25) is 0 Å². The molecular weight excluding hydrogens is 215 g/mol. The summed E-state index contributed by atoms with van der Waals surface area (Å²) in [7, 11) is 0. The second-order valence-electron chi connectivity index (χ2n) is 2.49. The Morgan fingerprint density at radius 1 is 1.45 bits per heavy atom. The van der Waals surface area contributed by atoms with Crippen molar-refractivity contribution in [1.29, 1.82) is 0 Å². The van der Waals surface area contributed by atoms with Crippen molar-refractivity contribution in [3.05, 3.63) is 21.1 Å². The third kappa shape index (κ3) is 3.80. The largest absolute Gasteiger partial charge is 1.00 e. The van der Waals surface area contributed by atoms with Crippen molar-refractivity contribution in [2.45, 2.75) is 26.7 Å². The van der Waals surface area contributed by atoms with E-state index in [1.807, 2.05) is 0 Å². The molecule has 0 spiro atoms. The van der Waals surface area contributed by atoms with E-state index in [9.17, 15) is 0 Å². The Morgan fingerprint density at radius 2 is 2.00 bits per heavy atom. The molecule has 0 saturated carbocycles. The average molecular weight is 226 g/mol. The number of allylic oxidation sites excluding steroid dienone is 4. The number of hydrogen-bond donors (Lipinski definition) is 0. The van der Waals surface area contributed by atoms with Gasteiger partial charge in [0.2, 0.25) is 0 Å². The molecular formula is C8H11Cl2Ti. The van der Waals surface area contributed by atoms with Crippen molar-refractivity contribution >= 4 is 0 Å². The Morgan fingerprint density at radius 3 is 2.18 bits per heavy atom. The van der Waals surface area contributed by atoms with Crippen LogP contribution in [-0.2, 0) is 20.4 Å². The summed E-state index contributed by atoms with van der Waals surface area (Å²) < 4.78 is 1.55. The predicted octanol–water partition coefficient (Wildman–Crippen LogP) is -3.44. The van der Waals surface area contributed by atoms with Crippen molar-refractivity contribution in [2.24, 2.45) is 0 Å². The molecule has 0 saturated heterocycles. The maximum Gasteiger partial charge on any atom is -1.00 e. The molecule has 0 aliphatic heterocycles. The minimum absolute atomic E-state index is 0. The summed E-state index contributed by atoms with van der Waals surface area (Å²) in [6, 6.07) is 0. The Kier molecular flexibility index (Phi) is 8.20. The first-order chi connectivity index (χ1) is 4.24. The fourth-order valence-electron chi connectivity index (χ4n) is 1.04. The third-order valence-electron chi connectivity index (χ3n) is 1.75. The van der Waals surface area contributed by atoms with Crippen LogP contribution >= 0.6 is 0 Å². The molecule has 0 unspecified atom stereocenters. The molecule has 0 nitrogen and oxygen atoms in total. The molecule has 1 aliphatic carbocycles. The van der Waals surface area contributed by atoms with Crippen LogP contribution in [0.2, 0.25) is 0 Å². The van der Waals surface area contributed by atoms with Crippen LogP contribution < -0.4 is 24.8 Å². The van der Waals surface area contributed by atoms with E-state index in [0.717, 1.165) is 0 Å². The molecule has 11 heavy (non-hydrogen) atoms. The first kappa shape index (κ1) is 14.3. The Labute approximate surface area is 92.7 Å². The molecule has 0 aromatic rings. The molecule has 1 rings (SSSR count). The summed E-state index contributed by atoms with van der Waals surface area (Å²) in [6.45, 7) is 4.41. The zero-order chi connectivity index (χ0) is 6.85. The van der Waals surface area contributed by atoms with Gasteiger partial charge in [0.25, 0.3) is 0 Å². The molecule has 0 amide bonds. The van der Waals surface area contributed by atoms with Crippen LogP contribution in [0.25, 0.3) is 0 Å². The van der Waals surface area contributed by atoms with Crippen LogP contribution in [0.15, 0.2) is 21.1 Å². The quantitative estimate of drug-likeness (QED) is 0.408. The second kappa shape index (κ2) is 6.31. The van der Waals surface area contributed by atoms with Gasteiger partial charge in [-0.15, -0.1) is 0 Å². The zero-order valence-electron chi connectivity index (χ0n) is 6.75. The zero-order valence-corrected chi connectivity index (χ0v) is 9.82. The van der Waals surface area contributed by atoms with Crippen LogP contribution in [0.1, 0.15) is 26.7 Å². The fourth-order valence-corrected chi connectivity index (χ4v) is 1.51. The number of halogens is 2. The monoisotopic (exact) mass is 225 g/mol. The van der Waals surface area contributed by atoms with Crippen molar-refractivity contribution < 1.29 is 45.2 Å². The van der Waals surface area contributed by atoms with Gasteiger partial charge in [-0.1, -0.05) is 0 Å². The number of rotatable bonds is 1. The average Bonchev–Trinajstić information content (AvgIpc) is 2.13. The van der Waals surface area contributed by atoms with E-state index < -0.39 is 0 Å². The van der Waals surface area contributed by atoms with Gasteiger partial charge in [-0.05, 0) is 0 Å². The van der Waals surface area contributed by atoms with E-state index in [1.165, 1.54) is 18.4 Å². The minimum Gasteiger partial charge on any atom is -1.00 e. The van der Waals surface area contributed by atoms with Crippen LogP contribution in [0.4, 0.5) is 0 Å². The molecule has 0 atom stereocenters. The third-order valence-corrected chi connectivity index (χ3v) is 2.65. The van der Waals surface area contributed by atoms with Crippen LogP contribution in [0.5, 0.6) is 0 Å². The maximum absolute atomic E-state index is 2.31. The van der Waals surface area contributed by atoms with E-state index in [2.05, 4.69) is 40.4 Å². The Balaban J connectivity index is 0. The van der Waals surface area contributed by atoms with Gasteiger partial charge in [0, 0.05) is 0 Å². The summed E-state index contributed by atoms with van der Waals surface area (Å²) in [5, 5.41) is 0. The van der Waals surface area contributed by atoms with Gasteiger partial charge in [-0.2, -0.15) is 0 Å². The molecule has 0 radical (unpaired) electrons. The summed E-state index contributed by atoms with van der Waals surface area (Å²) in [5.41, 5.74) is 3.07. The number of hydrogen-bond acceptors (Lipinski definition) is 0. The van der Waals surface area contributed by atoms with Gasteiger partial charge in [0.05, 0.1) is 0 Å². The molecule has 0 aromatic carbocycles. The summed E-state index contributed by atoms with van der Waals surface area (Å²) in [6.07, 6.45) is 4.76. The van der Waals surface area contributed by atoms with E-state index in [4.69, 9.17) is 0 Å². The summed E-state index contributed by atoms with van der Waals surface area (Å²) in [4.78, 5) is 0. The van der Waals surface area contributed by atoms with E-state index in [0.29, 0.717) is 0 Å². The molecule has 0 aromatic heterocycles. The first-order valence-electron chi connectivity index (χ1n) is 3.35. The van der Waals surface area contributed by atoms with E-state index in [1.54, 1.807) is 9.45 Å². The topological polar surface area (TPSA) is 0 Å². The van der Waals surface area contributed by atoms with Gasteiger partial charge < -0.3 is 24.8 Å². The second-order valence-corrected chi connectivity index (χ2v) is 3.44. The molecule has 0 bridgehead atoms. The Bertz CT molecular complexity index is 183. The summed E-state index contributed by atoms with van der Waals surface area (Å²) >= 11 is 2.22. The fraction of sp³-hybridized carbons (Fsp3) is 0.500. The van der Waals surface area contributed by atoms with Crippen molar-refractivity contribution in [3.63, 3.8) is 0 Å². The maximum atomic E-state index is 2.31. The molecule has 0 heterocycles.